The number of amides is 1. The van der Waals surface area contributed by atoms with Gasteiger partial charge in [0.05, 0.1) is 11.8 Å². The number of carbonyl (C=O) groups is 1. The van der Waals surface area contributed by atoms with Crippen molar-refractivity contribution in [3.8, 4) is 11.3 Å². The van der Waals surface area contributed by atoms with Crippen LogP contribution in [0.2, 0.25) is 0 Å². The van der Waals surface area contributed by atoms with Crippen LogP contribution < -0.4 is 5.32 Å². The molecule has 4 aromatic rings. The Kier molecular flexibility index (Phi) is 3.94. The molecule has 1 N–H and O–H groups in total. The van der Waals surface area contributed by atoms with Gasteiger partial charge in [0.2, 0.25) is 0 Å². The summed E-state index contributed by atoms with van der Waals surface area (Å²) in [5, 5.41) is 17.7. The predicted molar refractivity (Wildman–Crippen MR) is 98.4 cm³/mol. The van der Waals surface area contributed by atoms with Gasteiger partial charge in [0, 0.05) is 10.9 Å². The van der Waals surface area contributed by atoms with Crippen LogP contribution in [0, 0.1) is 10.1 Å². The highest BCUT2D eigenvalue weighted by molar-refractivity contribution is 7.14. The minimum absolute atomic E-state index is 0.140. The third kappa shape index (κ3) is 3.05. The van der Waals surface area contributed by atoms with E-state index in [0.717, 1.165) is 28.1 Å². The average molecular weight is 365 g/mol. The van der Waals surface area contributed by atoms with Crippen LogP contribution in [0.1, 0.15) is 10.6 Å². The summed E-state index contributed by atoms with van der Waals surface area (Å²) in [5.41, 5.74) is 1.68. The Morgan fingerprint density at radius 3 is 2.69 bits per heavy atom. The number of carbonyl (C=O) groups excluding carboxylic acids is 1. The van der Waals surface area contributed by atoms with E-state index in [4.69, 9.17) is 4.42 Å². The summed E-state index contributed by atoms with van der Waals surface area (Å²) in [4.78, 5) is 26.4. The minimum atomic E-state index is -0.696. The molecule has 26 heavy (non-hydrogen) atoms. The molecule has 0 aliphatic heterocycles. The molecule has 7 nitrogen and oxygen atoms in total. The zero-order valence-electron chi connectivity index (χ0n) is 13.2. The lowest BCUT2D eigenvalue weighted by molar-refractivity contribution is -0.402. The quantitative estimate of drug-likeness (QED) is 0.417. The van der Waals surface area contributed by atoms with E-state index in [2.05, 4.69) is 10.3 Å². The van der Waals surface area contributed by atoms with Crippen molar-refractivity contribution in [1.82, 2.24) is 4.98 Å². The summed E-state index contributed by atoms with van der Waals surface area (Å²) in [6.07, 6.45) is 0. The fourth-order valence-corrected chi connectivity index (χ4v) is 3.23. The van der Waals surface area contributed by atoms with E-state index in [1.165, 1.54) is 17.4 Å². The molecule has 128 valence electrons. The summed E-state index contributed by atoms with van der Waals surface area (Å²) in [5.74, 6) is -1.21. The van der Waals surface area contributed by atoms with E-state index in [9.17, 15) is 14.9 Å². The number of nitro groups is 1. The molecule has 8 heteroatoms. The molecule has 0 aliphatic carbocycles. The van der Waals surface area contributed by atoms with Crippen molar-refractivity contribution in [1.29, 1.82) is 0 Å². The first-order chi connectivity index (χ1) is 12.6. The van der Waals surface area contributed by atoms with Gasteiger partial charge < -0.3 is 4.42 Å². The third-order valence-electron chi connectivity index (χ3n) is 3.77. The van der Waals surface area contributed by atoms with Crippen molar-refractivity contribution in [2.24, 2.45) is 0 Å². The third-order valence-corrected chi connectivity index (χ3v) is 4.52. The van der Waals surface area contributed by atoms with Gasteiger partial charge in [-0.2, -0.15) is 0 Å². The van der Waals surface area contributed by atoms with E-state index < -0.39 is 16.7 Å². The summed E-state index contributed by atoms with van der Waals surface area (Å²) in [6, 6.07) is 16.4. The molecule has 0 bridgehead atoms. The molecule has 0 fully saturated rings. The Labute approximate surface area is 151 Å². The Hall–Kier alpha value is -3.52. The van der Waals surface area contributed by atoms with Crippen LogP contribution in [0.25, 0.3) is 22.0 Å². The van der Waals surface area contributed by atoms with Gasteiger partial charge in [-0.15, -0.1) is 11.3 Å². The number of nitrogens with zero attached hydrogens (tertiary/aromatic N) is 2. The standard InChI is InChI=1S/C18H11N3O4S/c22-17(15-7-8-16(25-15)21(23)24)20-18-19-14(10-26-18)13-6-5-11-3-1-2-4-12(11)9-13/h1-10H,(H,19,20,22). The van der Waals surface area contributed by atoms with Crippen LogP contribution in [0.15, 0.2) is 64.4 Å². The second-order valence-corrected chi connectivity index (χ2v) is 6.31. The highest BCUT2D eigenvalue weighted by Crippen LogP contribution is 2.28. The van der Waals surface area contributed by atoms with Crippen LogP contribution in [-0.4, -0.2) is 15.8 Å². The summed E-state index contributed by atoms with van der Waals surface area (Å²) in [7, 11) is 0. The van der Waals surface area contributed by atoms with E-state index in [-0.39, 0.29) is 5.76 Å². The lowest BCUT2D eigenvalue weighted by Crippen LogP contribution is -2.10. The van der Waals surface area contributed by atoms with E-state index in [1.54, 1.807) is 0 Å². The number of aromatic nitrogens is 1. The molecule has 0 saturated heterocycles. The van der Waals surface area contributed by atoms with Gasteiger partial charge in [-0.1, -0.05) is 36.4 Å². The second-order valence-electron chi connectivity index (χ2n) is 5.45. The summed E-state index contributed by atoms with van der Waals surface area (Å²) < 4.78 is 4.88. The highest BCUT2D eigenvalue weighted by Gasteiger charge is 2.18. The Bertz CT molecular complexity index is 1130. The van der Waals surface area contributed by atoms with Crippen LogP contribution in [-0.2, 0) is 0 Å². The van der Waals surface area contributed by atoms with Crippen LogP contribution in [0.4, 0.5) is 11.0 Å². The number of fused-ring (bicyclic) bond motifs is 1. The van der Waals surface area contributed by atoms with Gasteiger partial charge in [0.25, 0.3) is 5.91 Å². The largest absolute Gasteiger partial charge is 0.433 e. The molecule has 0 saturated carbocycles. The predicted octanol–water partition coefficient (Wildman–Crippen LogP) is 4.72. The molecule has 4 rings (SSSR count). The van der Waals surface area contributed by atoms with Gasteiger partial charge >= 0.3 is 5.88 Å². The molecule has 0 aliphatic rings. The Morgan fingerprint density at radius 1 is 1.12 bits per heavy atom. The van der Waals surface area contributed by atoms with Gasteiger partial charge in [0.15, 0.2) is 10.9 Å². The fourth-order valence-electron chi connectivity index (χ4n) is 2.52. The molecular formula is C18H11N3O4S. The van der Waals surface area contributed by atoms with Crippen molar-refractivity contribution in [3.05, 3.63) is 75.9 Å². The number of rotatable bonds is 4. The first-order valence-electron chi connectivity index (χ1n) is 7.60. The van der Waals surface area contributed by atoms with E-state index >= 15 is 0 Å². The smallest absolute Gasteiger partial charge is 0.395 e. The fraction of sp³-hybridized carbons (Fsp3) is 0. The zero-order chi connectivity index (χ0) is 18.1. The molecular weight excluding hydrogens is 354 g/mol. The normalized spacial score (nSPS) is 10.8. The zero-order valence-corrected chi connectivity index (χ0v) is 14.0. The second kappa shape index (κ2) is 6.41. The maximum Gasteiger partial charge on any atom is 0.433 e. The number of benzene rings is 2. The van der Waals surface area contributed by atoms with Crippen LogP contribution in [0.3, 0.4) is 0 Å². The number of nitrogens with one attached hydrogen (secondary N) is 1. The van der Waals surface area contributed by atoms with Crippen molar-refractivity contribution in [2.45, 2.75) is 0 Å². The van der Waals surface area contributed by atoms with E-state index in [0.29, 0.717) is 5.13 Å². The number of thiazole rings is 1. The highest BCUT2D eigenvalue weighted by atomic mass is 32.1. The number of hydrogen-bond donors (Lipinski definition) is 1. The van der Waals surface area contributed by atoms with Crippen molar-refractivity contribution < 1.29 is 14.1 Å². The van der Waals surface area contributed by atoms with Gasteiger partial charge in [-0.25, -0.2) is 4.98 Å². The Morgan fingerprint density at radius 2 is 1.92 bits per heavy atom. The molecule has 0 unspecified atom stereocenters. The van der Waals surface area contributed by atoms with Gasteiger partial charge in [-0.05, 0) is 22.9 Å². The molecule has 2 aromatic carbocycles. The lowest BCUT2D eigenvalue weighted by atomic mass is 10.1. The molecule has 0 spiro atoms. The summed E-state index contributed by atoms with van der Waals surface area (Å²) >= 11 is 1.27. The Balaban J connectivity index is 1.55. The van der Waals surface area contributed by atoms with E-state index in [1.807, 2.05) is 47.8 Å². The maximum atomic E-state index is 12.1. The summed E-state index contributed by atoms with van der Waals surface area (Å²) in [6.45, 7) is 0. The molecule has 1 amide bonds. The van der Waals surface area contributed by atoms with Gasteiger partial charge in [-0.3, -0.25) is 20.2 Å². The molecule has 2 heterocycles. The SMILES string of the molecule is O=C(Nc1nc(-c2ccc3ccccc3c2)cs1)c1ccc([N+](=O)[O-])o1. The monoisotopic (exact) mass is 365 g/mol. The number of hydrogen-bond acceptors (Lipinski definition) is 6. The van der Waals surface area contributed by atoms with Gasteiger partial charge in [0.1, 0.15) is 4.92 Å². The van der Waals surface area contributed by atoms with Crippen molar-refractivity contribution >= 4 is 39.0 Å². The molecule has 2 aromatic heterocycles. The van der Waals surface area contributed by atoms with Crippen molar-refractivity contribution in [2.75, 3.05) is 5.32 Å². The molecule has 0 radical (unpaired) electrons. The first-order valence-corrected chi connectivity index (χ1v) is 8.48. The van der Waals surface area contributed by atoms with Crippen LogP contribution in [0.5, 0.6) is 0 Å². The average Bonchev–Trinajstić information content (AvgIpc) is 3.31. The van der Waals surface area contributed by atoms with Crippen molar-refractivity contribution in [3.63, 3.8) is 0 Å². The topological polar surface area (TPSA) is 98.3 Å². The lowest BCUT2D eigenvalue weighted by Gasteiger charge is -2.01. The molecule has 0 atom stereocenters. The minimum Gasteiger partial charge on any atom is -0.395 e. The number of furan rings is 1. The maximum absolute atomic E-state index is 12.1. The first kappa shape index (κ1) is 16.0. The van der Waals surface area contributed by atoms with Crippen LogP contribution >= 0.6 is 11.3 Å². The number of anilines is 1.